The van der Waals surface area contributed by atoms with Gasteiger partial charge < -0.3 is 5.11 Å². The van der Waals surface area contributed by atoms with Crippen molar-refractivity contribution in [1.82, 2.24) is 9.78 Å². The van der Waals surface area contributed by atoms with Crippen molar-refractivity contribution >= 4 is 23.2 Å². The third kappa shape index (κ3) is 2.34. The van der Waals surface area contributed by atoms with Crippen LogP contribution in [-0.4, -0.2) is 14.9 Å². The Morgan fingerprint density at radius 1 is 1.33 bits per heavy atom. The van der Waals surface area contributed by atoms with Gasteiger partial charge in [0.25, 0.3) is 6.43 Å². The number of aromatic nitrogens is 2. The minimum Gasteiger partial charge on any atom is -0.392 e. The van der Waals surface area contributed by atoms with Crippen molar-refractivity contribution in [2.45, 2.75) is 13.0 Å². The minimum absolute atomic E-state index is 0.0658. The van der Waals surface area contributed by atoms with Crippen molar-refractivity contribution in [2.24, 2.45) is 0 Å². The third-order valence-electron chi connectivity index (χ3n) is 2.40. The van der Waals surface area contributed by atoms with E-state index < -0.39 is 13.0 Å². The zero-order chi connectivity index (χ0) is 13.3. The summed E-state index contributed by atoms with van der Waals surface area (Å²) < 4.78 is 26.9. The van der Waals surface area contributed by atoms with E-state index in [0.717, 1.165) is 4.68 Å². The summed E-state index contributed by atoms with van der Waals surface area (Å²) in [5, 5.41) is 13.4. The number of hydrogen-bond donors (Lipinski definition) is 1. The summed E-state index contributed by atoms with van der Waals surface area (Å²) in [4.78, 5) is 0. The van der Waals surface area contributed by atoms with Crippen molar-refractivity contribution in [1.29, 1.82) is 0 Å². The van der Waals surface area contributed by atoms with Gasteiger partial charge in [0.2, 0.25) is 0 Å². The number of aliphatic hydroxyl groups is 1. The van der Waals surface area contributed by atoms with Crippen molar-refractivity contribution in [3.63, 3.8) is 0 Å². The molecule has 2 rings (SSSR count). The van der Waals surface area contributed by atoms with Crippen LogP contribution in [0.3, 0.4) is 0 Å². The number of alkyl halides is 2. The van der Waals surface area contributed by atoms with E-state index in [1.165, 1.54) is 24.4 Å². The minimum atomic E-state index is -2.76. The fourth-order valence-corrected chi connectivity index (χ4v) is 2.08. The summed E-state index contributed by atoms with van der Waals surface area (Å²) in [6.07, 6.45) is -1.58. The maximum atomic E-state index is 13.0. The van der Waals surface area contributed by atoms with Crippen LogP contribution < -0.4 is 0 Å². The second-order valence-electron chi connectivity index (χ2n) is 3.52. The van der Waals surface area contributed by atoms with Crippen molar-refractivity contribution < 1.29 is 13.9 Å². The Hall–Kier alpha value is -1.17. The van der Waals surface area contributed by atoms with Gasteiger partial charge in [-0.25, -0.2) is 13.5 Å². The lowest BCUT2D eigenvalue weighted by atomic mass is 10.2. The van der Waals surface area contributed by atoms with E-state index in [1.54, 1.807) is 0 Å². The largest absolute Gasteiger partial charge is 0.392 e. The number of aliphatic hydroxyl groups excluding tert-OH is 1. The lowest BCUT2D eigenvalue weighted by Gasteiger charge is -2.10. The molecule has 0 saturated heterocycles. The molecule has 0 aliphatic heterocycles. The second kappa shape index (κ2) is 5.22. The van der Waals surface area contributed by atoms with Gasteiger partial charge in [-0.05, 0) is 18.2 Å². The summed E-state index contributed by atoms with van der Waals surface area (Å²) in [6, 6.07) is 4.46. The van der Waals surface area contributed by atoms with E-state index in [4.69, 9.17) is 28.3 Å². The molecule has 3 nitrogen and oxygen atoms in total. The SMILES string of the molecule is OCc1cnn(-c2ccc(Cl)cc2Cl)c1C(F)F. The highest BCUT2D eigenvalue weighted by Gasteiger charge is 2.21. The number of nitrogens with zero attached hydrogens (tertiary/aromatic N) is 2. The molecule has 0 aliphatic rings. The fraction of sp³-hybridized carbons (Fsp3) is 0.182. The first-order valence-electron chi connectivity index (χ1n) is 4.95. The standard InChI is InChI=1S/C11H8Cl2F2N2O/c12-7-1-2-9(8(13)3-7)17-10(11(14)15)6(5-18)4-16-17/h1-4,11,18H,5H2. The molecule has 0 saturated carbocycles. The van der Waals surface area contributed by atoms with E-state index in [1.807, 2.05) is 0 Å². The van der Waals surface area contributed by atoms with E-state index in [2.05, 4.69) is 5.10 Å². The van der Waals surface area contributed by atoms with Gasteiger partial charge in [0, 0.05) is 10.6 Å². The van der Waals surface area contributed by atoms with Gasteiger partial charge in [-0.2, -0.15) is 5.10 Å². The Bertz CT molecular complexity index is 572. The average molecular weight is 293 g/mol. The number of hydrogen-bond acceptors (Lipinski definition) is 2. The summed E-state index contributed by atoms with van der Waals surface area (Å²) in [5.74, 6) is 0. The molecule has 7 heteroatoms. The van der Waals surface area contributed by atoms with Gasteiger partial charge in [-0.15, -0.1) is 0 Å². The van der Waals surface area contributed by atoms with Crippen LogP contribution in [0.5, 0.6) is 0 Å². The Morgan fingerprint density at radius 3 is 2.61 bits per heavy atom. The summed E-state index contributed by atoms with van der Waals surface area (Å²) in [5.41, 5.74) is -0.0196. The van der Waals surface area contributed by atoms with Crippen LogP contribution in [0.15, 0.2) is 24.4 Å². The normalized spacial score (nSPS) is 11.2. The van der Waals surface area contributed by atoms with Crippen LogP contribution in [0.4, 0.5) is 8.78 Å². The Labute approximate surface area is 112 Å². The molecule has 1 aromatic carbocycles. The molecule has 0 atom stereocenters. The predicted octanol–water partition coefficient (Wildman–Crippen LogP) is 3.61. The summed E-state index contributed by atoms with van der Waals surface area (Å²) >= 11 is 11.7. The van der Waals surface area contributed by atoms with Crippen LogP contribution >= 0.6 is 23.2 Å². The molecule has 96 valence electrons. The zero-order valence-electron chi connectivity index (χ0n) is 8.95. The molecule has 0 radical (unpaired) electrons. The van der Waals surface area contributed by atoms with Gasteiger partial charge in [-0.3, -0.25) is 0 Å². The molecule has 18 heavy (non-hydrogen) atoms. The summed E-state index contributed by atoms with van der Waals surface area (Å²) in [7, 11) is 0. The molecule has 1 aromatic heterocycles. The molecular formula is C11H8Cl2F2N2O. The first-order chi connectivity index (χ1) is 8.54. The van der Waals surface area contributed by atoms with Crippen LogP contribution in [0.1, 0.15) is 17.7 Å². The van der Waals surface area contributed by atoms with Crippen LogP contribution in [0, 0.1) is 0 Å². The molecule has 1 N–H and O–H groups in total. The third-order valence-corrected chi connectivity index (χ3v) is 2.94. The topological polar surface area (TPSA) is 38.1 Å². The Kier molecular flexibility index (Phi) is 3.85. The molecule has 2 aromatic rings. The molecule has 0 fully saturated rings. The zero-order valence-corrected chi connectivity index (χ0v) is 10.5. The van der Waals surface area contributed by atoms with Crippen molar-refractivity contribution in [3.05, 3.63) is 45.7 Å². The van der Waals surface area contributed by atoms with E-state index in [-0.39, 0.29) is 22.0 Å². The van der Waals surface area contributed by atoms with Crippen LogP contribution in [-0.2, 0) is 6.61 Å². The number of rotatable bonds is 3. The van der Waals surface area contributed by atoms with Gasteiger partial charge in [-0.1, -0.05) is 23.2 Å². The lowest BCUT2D eigenvalue weighted by molar-refractivity contribution is 0.139. The van der Waals surface area contributed by atoms with E-state index in [0.29, 0.717) is 5.02 Å². The van der Waals surface area contributed by atoms with Crippen LogP contribution in [0.25, 0.3) is 5.69 Å². The Balaban J connectivity index is 2.60. The highest BCUT2D eigenvalue weighted by atomic mass is 35.5. The molecule has 1 heterocycles. The van der Waals surface area contributed by atoms with Gasteiger partial charge in [0.05, 0.1) is 23.5 Å². The van der Waals surface area contributed by atoms with Gasteiger partial charge >= 0.3 is 0 Å². The van der Waals surface area contributed by atoms with Gasteiger partial charge in [0.1, 0.15) is 5.69 Å². The van der Waals surface area contributed by atoms with Crippen molar-refractivity contribution in [3.8, 4) is 5.69 Å². The number of benzene rings is 1. The Morgan fingerprint density at radius 2 is 2.06 bits per heavy atom. The maximum Gasteiger partial charge on any atom is 0.280 e. The van der Waals surface area contributed by atoms with E-state index >= 15 is 0 Å². The summed E-state index contributed by atoms with van der Waals surface area (Å²) in [6.45, 7) is -0.509. The second-order valence-corrected chi connectivity index (χ2v) is 4.37. The van der Waals surface area contributed by atoms with E-state index in [9.17, 15) is 8.78 Å². The molecule has 0 bridgehead atoms. The monoisotopic (exact) mass is 292 g/mol. The smallest absolute Gasteiger partial charge is 0.280 e. The first-order valence-corrected chi connectivity index (χ1v) is 5.71. The molecule has 0 spiro atoms. The average Bonchev–Trinajstić information content (AvgIpc) is 2.72. The highest BCUT2D eigenvalue weighted by Crippen LogP contribution is 2.30. The first kappa shape index (κ1) is 13.3. The lowest BCUT2D eigenvalue weighted by Crippen LogP contribution is -2.05. The highest BCUT2D eigenvalue weighted by molar-refractivity contribution is 6.35. The molecule has 0 amide bonds. The van der Waals surface area contributed by atoms with Crippen LogP contribution in [0.2, 0.25) is 10.0 Å². The van der Waals surface area contributed by atoms with Gasteiger partial charge in [0.15, 0.2) is 0 Å². The quantitative estimate of drug-likeness (QED) is 0.938. The maximum absolute atomic E-state index is 13.0. The fourth-order valence-electron chi connectivity index (χ4n) is 1.59. The number of halogens is 4. The van der Waals surface area contributed by atoms with Crippen molar-refractivity contribution in [2.75, 3.05) is 0 Å². The molecular weight excluding hydrogens is 285 g/mol. The molecule has 0 unspecified atom stereocenters. The molecule has 0 aliphatic carbocycles. The predicted molar refractivity (Wildman–Crippen MR) is 64.5 cm³/mol.